The molecule has 0 saturated carbocycles. The van der Waals surface area contributed by atoms with E-state index in [4.69, 9.17) is 46.4 Å². The smallest absolute Gasteiger partial charge is 0.182 e. The molecule has 1 aliphatic carbocycles. The van der Waals surface area contributed by atoms with E-state index in [-0.39, 0.29) is 42.7 Å². The first-order valence-corrected chi connectivity index (χ1v) is 8.87. The average Bonchev–Trinajstić information content (AvgIpc) is 2.88. The van der Waals surface area contributed by atoms with Crippen LogP contribution in [0.4, 0.5) is 0 Å². The van der Waals surface area contributed by atoms with Crippen LogP contribution in [0.15, 0.2) is 30.3 Å². The average molecular weight is 427 g/mol. The predicted octanol–water partition coefficient (Wildman–Crippen LogP) is 5.72. The standard InChI is InChI=1S/C18H7Cl4NO3/c19-12-9-10(13(20)15(22)14(12)21)18(26)11(17(9)25)16-8(24)5-6-3-1-2-4-7(6)23-16/h1-5,11,24H. The summed E-state index contributed by atoms with van der Waals surface area (Å²) in [5.41, 5.74) is 0.269. The van der Waals surface area contributed by atoms with Gasteiger partial charge in [0.2, 0.25) is 0 Å². The van der Waals surface area contributed by atoms with Gasteiger partial charge in [-0.15, -0.1) is 0 Å². The first-order valence-electron chi connectivity index (χ1n) is 7.36. The van der Waals surface area contributed by atoms with Crippen LogP contribution in [0, 0.1) is 0 Å². The Balaban J connectivity index is 1.97. The summed E-state index contributed by atoms with van der Waals surface area (Å²) in [6.07, 6.45) is 0. The summed E-state index contributed by atoms with van der Waals surface area (Å²) in [5.74, 6) is -2.89. The first-order chi connectivity index (χ1) is 12.3. The number of aromatic hydroxyl groups is 1. The zero-order valence-electron chi connectivity index (χ0n) is 12.7. The molecule has 0 saturated heterocycles. The van der Waals surface area contributed by atoms with Crippen LogP contribution >= 0.6 is 46.4 Å². The van der Waals surface area contributed by atoms with Crippen molar-refractivity contribution in [3.05, 3.63) is 67.2 Å². The fourth-order valence-corrected chi connectivity index (χ4v) is 4.12. The highest BCUT2D eigenvalue weighted by atomic mass is 35.5. The summed E-state index contributed by atoms with van der Waals surface area (Å²) in [5, 5.41) is 10.5. The number of para-hydroxylation sites is 1. The SMILES string of the molecule is O=C1c2c(Cl)c(Cl)c(Cl)c(Cl)c2C(=O)C1c1nc2ccccc2cc1O. The van der Waals surface area contributed by atoms with Crippen LogP contribution in [0.1, 0.15) is 32.3 Å². The number of pyridine rings is 1. The molecule has 0 amide bonds. The minimum atomic E-state index is -1.36. The summed E-state index contributed by atoms with van der Waals surface area (Å²) in [6, 6.07) is 8.46. The Morgan fingerprint density at radius 2 is 1.38 bits per heavy atom. The third-order valence-electron chi connectivity index (χ3n) is 4.29. The Bertz CT molecular complexity index is 1100. The van der Waals surface area contributed by atoms with Gasteiger partial charge in [-0.1, -0.05) is 64.6 Å². The number of fused-ring (bicyclic) bond motifs is 2. The van der Waals surface area contributed by atoms with E-state index in [0.29, 0.717) is 10.9 Å². The predicted molar refractivity (Wildman–Crippen MR) is 101 cm³/mol. The lowest BCUT2D eigenvalue weighted by Crippen LogP contribution is -2.15. The maximum atomic E-state index is 12.9. The van der Waals surface area contributed by atoms with Crippen LogP contribution in [-0.4, -0.2) is 21.7 Å². The second-order valence-corrected chi connectivity index (χ2v) is 7.26. The van der Waals surface area contributed by atoms with Gasteiger partial charge in [-0.25, -0.2) is 4.98 Å². The van der Waals surface area contributed by atoms with Gasteiger partial charge in [-0.05, 0) is 12.1 Å². The van der Waals surface area contributed by atoms with Crippen molar-refractivity contribution in [3.63, 3.8) is 0 Å². The van der Waals surface area contributed by atoms with Crippen molar-refractivity contribution < 1.29 is 14.7 Å². The van der Waals surface area contributed by atoms with Gasteiger partial charge in [0.15, 0.2) is 11.6 Å². The van der Waals surface area contributed by atoms with Crippen molar-refractivity contribution in [2.45, 2.75) is 5.92 Å². The topological polar surface area (TPSA) is 67.3 Å². The molecule has 4 rings (SSSR count). The second kappa shape index (κ2) is 6.10. The lowest BCUT2D eigenvalue weighted by atomic mass is 9.97. The van der Waals surface area contributed by atoms with E-state index in [2.05, 4.69) is 4.98 Å². The number of hydrogen-bond donors (Lipinski definition) is 1. The lowest BCUT2D eigenvalue weighted by Gasteiger charge is -2.10. The van der Waals surface area contributed by atoms with Gasteiger partial charge < -0.3 is 5.11 Å². The summed E-state index contributed by atoms with van der Waals surface area (Å²) in [4.78, 5) is 30.1. The Morgan fingerprint density at radius 1 is 0.846 bits per heavy atom. The van der Waals surface area contributed by atoms with Crippen molar-refractivity contribution in [1.29, 1.82) is 0 Å². The van der Waals surface area contributed by atoms with Crippen molar-refractivity contribution in [2.24, 2.45) is 0 Å². The number of rotatable bonds is 1. The summed E-state index contributed by atoms with van der Waals surface area (Å²) < 4.78 is 0. The van der Waals surface area contributed by atoms with Gasteiger partial charge in [0.25, 0.3) is 0 Å². The third kappa shape index (κ3) is 2.33. The van der Waals surface area contributed by atoms with E-state index in [0.717, 1.165) is 0 Å². The van der Waals surface area contributed by atoms with Gasteiger partial charge in [-0.2, -0.15) is 0 Å². The molecule has 130 valence electrons. The van der Waals surface area contributed by atoms with Gasteiger partial charge in [0, 0.05) is 5.39 Å². The normalized spacial score (nSPS) is 14.3. The Morgan fingerprint density at radius 3 is 1.96 bits per heavy atom. The van der Waals surface area contributed by atoms with Crippen LogP contribution in [-0.2, 0) is 0 Å². The molecule has 1 N–H and O–H groups in total. The highest BCUT2D eigenvalue weighted by Crippen LogP contribution is 2.48. The maximum absolute atomic E-state index is 12.9. The van der Waals surface area contributed by atoms with Gasteiger partial charge in [0.1, 0.15) is 17.4 Å². The Labute approximate surface area is 167 Å². The molecule has 0 aliphatic heterocycles. The maximum Gasteiger partial charge on any atom is 0.182 e. The minimum Gasteiger partial charge on any atom is -0.506 e. The molecule has 0 atom stereocenters. The van der Waals surface area contributed by atoms with Crippen molar-refractivity contribution in [1.82, 2.24) is 4.98 Å². The molecule has 4 nitrogen and oxygen atoms in total. The van der Waals surface area contributed by atoms with Crippen LogP contribution in [0.3, 0.4) is 0 Å². The van der Waals surface area contributed by atoms with Crippen molar-refractivity contribution in [3.8, 4) is 5.75 Å². The zero-order valence-corrected chi connectivity index (χ0v) is 15.7. The Hall–Kier alpha value is -1.85. The van der Waals surface area contributed by atoms with E-state index in [1.165, 1.54) is 6.07 Å². The molecule has 8 heteroatoms. The van der Waals surface area contributed by atoms with E-state index < -0.39 is 17.5 Å². The number of benzene rings is 2. The van der Waals surface area contributed by atoms with E-state index in [1.54, 1.807) is 24.3 Å². The number of hydrogen-bond acceptors (Lipinski definition) is 4. The molecule has 26 heavy (non-hydrogen) atoms. The molecule has 0 unspecified atom stereocenters. The van der Waals surface area contributed by atoms with Crippen molar-refractivity contribution in [2.75, 3.05) is 0 Å². The molecule has 0 spiro atoms. The first kappa shape index (κ1) is 17.6. The zero-order chi connectivity index (χ0) is 18.7. The van der Waals surface area contributed by atoms with E-state index in [9.17, 15) is 14.7 Å². The van der Waals surface area contributed by atoms with Crippen LogP contribution in [0.5, 0.6) is 5.75 Å². The second-order valence-electron chi connectivity index (χ2n) is 5.75. The molecule has 3 aromatic rings. The Kier molecular flexibility index (Phi) is 4.12. The highest BCUT2D eigenvalue weighted by Gasteiger charge is 2.46. The number of ketones is 2. The number of aromatic nitrogens is 1. The fraction of sp³-hybridized carbons (Fsp3) is 0.0556. The lowest BCUT2D eigenvalue weighted by molar-refractivity contribution is 0.0886. The van der Waals surface area contributed by atoms with Gasteiger partial charge >= 0.3 is 0 Å². The number of carbonyl (C=O) groups excluding carboxylic acids is 2. The molecule has 0 radical (unpaired) electrons. The summed E-state index contributed by atoms with van der Waals surface area (Å²) in [6.45, 7) is 0. The number of nitrogens with zero attached hydrogens (tertiary/aromatic N) is 1. The molecule has 0 fully saturated rings. The fourth-order valence-electron chi connectivity index (χ4n) is 3.08. The molecular weight excluding hydrogens is 420 g/mol. The molecule has 1 aromatic heterocycles. The molecular formula is C18H7Cl4NO3. The van der Waals surface area contributed by atoms with E-state index >= 15 is 0 Å². The number of Topliss-reactive ketones (excluding diaryl/α,β-unsaturated/α-hetero) is 2. The summed E-state index contributed by atoms with van der Waals surface area (Å²) in [7, 11) is 0. The monoisotopic (exact) mass is 425 g/mol. The van der Waals surface area contributed by atoms with E-state index in [1.807, 2.05) is 0 Å². The molecule has 1 aliphatic rings. The molecule has 1 heterocycles. The summed E-state index contributed by atoms with van der Waals surface area (Å²) >= 11 is 24.3. The highest BCUT2D eigenvalue weighted by molar-refractivity contribution is 6.55. The van der Waals surface area contributed by atoms with Crippen LogP contribution < -0.4 is 0 Å². The van der Waals surface area contributed by atoms with Gasteiger partial charge in [0.05, 0.1) is 36.7 Å². The minimum absolute atomic E-state index is 0.0609. The third-order valence-corrected chi connectivity index (χ3v) is 6.09. The van der Waals surface area contributed by atoms with Crippen LogP contribution in [0.25, 0.3) is 10.9 Å². The number of halogens is 4. The van der Waals surface area contributed by atoms with Gasteiger partial charge in [-0.3, -0.25) is 9.59 Å². The largest absolute Gasteiger partial charge is 0.506 e. The number of carbonyl (C=O) groups is 2. The van der Waals surface area contributed by atoms with Crippen LogP contribution in [0.2, 0.25) is 20.1 Å². The quantitative estimate of drug-likeness (QED) is 0.307. The molecule has 2 aromatic carbocycles. The van der Waals surface area contributed by atoms with Crippen molar-refractivity contribution >= 4 is 68.9 Å². The molecule has 0 bridgehead atoms.